The van der Waals surface area contributed by atoms with Crippen LogP contribution in [0.3, 0.4) is 0 Å². The number of benzene rings is 4. The first-order valence-corrected chi connectivity index (χ1v) is 17.8. The number of esters is 4. The molecule has 0 saturated carbocycles. The molecule has 50 heavy (non-hydrogen) atoms. The highest BCUT2D eigenvalue weighted by atomic mass is 32.2. The molecule has 1 heterocycles. The van der Waals surface area contributed by atoms with Gasteiger partial charge >= 0.3 is 23.9 Å². The summed E-state index contributed by atoms with van der Waals surface area (Å²) in [5.74, 6) is -1.99. The molecule has 0 spiro atoms. The SMILES string of the molecule is CCCCCCS[C@@H]1O[C@@H]([C@@H](COC(=O)c2ccccc2)OC(=O)c2ccccc2)[C@H](OC(=O)c2ccccc2)[C@H]1OC(=O)c1ccccc1. The van der Waals surface area contributed by atoms with Crippen LogP contribution in [0.5, 0.6) is 0 Å². The first-order valence-electron chi connectivity index (χ1n) is 16.7. The smallest absolute Gasteiger partial charge is 0.338 e. The second kappa shape index (κ2) is 18.7. The van der Waals surface area contributed by atoms with Gasteiger partial charge in [-0.3, -0.25) is 0 Å². The highest BCUT2D eigenvalue weighted by Crippen LogP contribution is 2.37. The number of ether oxygens (including phenoxy) is 5. The summed E-state index contributed by atoms with van der Waals surface area (Å²) in [6.45, 7) is 1.70. The number of rotatable bonds is 16. The van der Waals surface area contributed by atoms with Gasteiger partial charge in [0.1, 0.15) is 18.1 Å². The Morgan fingerprint density at radius 1 is 0.600 bits per heavy atom. The molecule has 0 amide bonds. The van der Waals surface area contributed by atoms with Gasteiger partial charge < -0.3 is 23.7 Å². The van der Waals surface area contributed by atoms with Crippen molar-refractivity contribution in [3.05, 3.63) is 144 Å². The standard InChI is InChI=1S/C40H40O9S/c1-2-3-4-17-26-50-40-35(48-39(44)31-24-15-8-16-25-31)34(47-38(43)30-22-13-7-14-23-30)33(49-40)32(46-37(42)29-20-11-6-12-21-29)27-45-36(41)28-18-9-5-10-19-28/h5-16,18-25,32-35,40H,2-4,17,26-27H2,1H3/t32-,33+,34+,35-,40+/m1/s1. The van der Waals surface area contributed by atoms with Crippen LogP contribution in [0.1, 0.15) is 74.0 Å². The Morgan fingerprint density at radius 2 is 1.06 bits per heavy atom. The van der Waals surface area contributed by atoms with Crippen LogP contribution < -0.4 is 0 Å². The van der Waals surface area contributed by atoms with Crippen LogP contribution in [0.2, 0.25) is 0 Å². The van der Waals surface area contributed by atoms with Gasteiger partial charge in [-0.15, -0.1) is 11.8 Å². The molecule has 1 aliphatic heterocycles. The third-order valence-corrected chi connectivity index (χ3v) is 9.25. The molecule has 4 aromatic carbocycles. The molecular weight excluding hydrogens is 656 g/mol. The molecule has 10 heteroatoms. The largest absolute Gasteiger partial charge is 0.458 e. The molecule has 9 nitrogen and oxygen atoms in total. The summed E-state index contributed by atoms with van der Waals surface area (Å²) in [5.41, 5.74) is 0.334. The van der Waals surface area contributed by atoms with Gasteiger partial charge in [0.25, 0.3) is 0 Å². The molecule has 260 valence electrons. The van der Waals surface area contributed by atoms with E-state index in [4.69, 9.17) is 23.7 Å². The lowest BCUT2D eigenvalue weighted by Crippen LogP contribution is -2.47. The molecule has 1 saturated heterocycles. The van der Waals surface area contributed by atoms with Gasteiger partial charge in [-0.1, -0.05) is 99.0 Å². The van der Waals surface area contributed by atoms with E-state index in [0.717, 1.165) is 25.7 Å². The summed E-state index contributed by atoms with van der Waals surface area (Å²) >= 11 is 1.43. The summed E-state index contributed by atoms with van der Waals surface area (Å²) in [6.07, 6.45) is -0.744. The van der Waals surface area contributed by atoms with Gasteiger partial charge in [0, 0.05) is 0 Å². The fourth-order valence-electron chi connectivity index (χ4n) is 5.39. The summed E-state index contributed by atoms with van der Waals surface area (Å²) in [4.78, 5) is 53.6. The summed E-state index contributed by atoms with van der Waals surface area (Å²) < 4.78 is 30.4. The van der Waals surface area contributed by atoms with E-state index < -0.39 is 60.3 Å². The second-order valence-electron chi connectivity index (χ2n) is 11.6. The van der Waals surface area contributed by atoms with Gasteiger partial charge in [-0.25, -0.2) is 19.2 Å². The lowest BCUT2D eigenvalue weighted by atomic mass is 10.1. The molecule has 5 atom stereocenters. The number of carbonyl (C=O) groups excluding carboxylic acids is 4. The lowest BCUT2D eigenvalue weighted by Gasteiger charge is -2.28. The molecule has 0 radical (unpaired) electrons. The maximum absolute atomic E-state index is 13.6. The quantitative estimate of drug-likeness (QED) is 0.0661. The van der Waals surface area contributed by atoms with Crippen molar-refractivity contribution in [2.45, 2.75) is 62.5 Å². The maximum Gasteiger partial charge on any atom is 0.338 e. The van der Waals surface area contributed by atoms with Crippen molar-refractivity contribution >= 4 is 35.6 Å². The van der Waals surface area contributed by atoms with Crippen molar-refractivity contribution in [1.29, 1.82) is 0 Å². The van der Waals surface area contributed by atoms with Crippen LogP contribution in [0.4, 0.5) is 0 Å². The Balaban J connectivity index is 1.49. The van der Waals surface area contributed by atoms with Crippen molar-refractivity contribution < 1.29 is 42.9 Å². The van der Waals surface area contributed by atoms with Crippen molar-refractivity contribution in [3.63, 3.8) is 0 Å². The minimum absolute atomic E-state index is 0.261. The van der Waals surface area contributed by atoms with Crippen LogP contribution in [0, 0.1) is 0 Å². The minimum atomic E-state index is -1.26. The molecule has 0 unspecified atom stereocenters. The second-order valence-corrected chi connectivity index (χ2v) is 12.9. The van der Waals surface area contributed by atoms with E-state index in [-0.39, 0.29) is 11.1 Å². The van der Waals surface area contributed by atoms with Crippen LogP contribution in [-0.4, -0.2) is 66.1 Å². The highest BCUT2D eigenvalue weighted by molar-refractivity contribution is 7.99. The number of hydrogen-bond acceptors (Lipinski definition) is 10. The van der Waals surface area contributed by atoms with Crippen molar-refractivity contribution in [2.24, 2.45) is 0 Å². The molecule has 0 bridgehead atoms. The molecule has 0 N–H and O–H groups in total. The lowest BCUT2D eigenvalue weighted by molar-refractivity contribution is -0.0899. The molecular formula is C40H40O9S. The Morgan fingerprint density at radius 3 is 1.56 bits per heavy atom. The fraction of sp³-hybridized carbons (Fsp3) is 0.300. The predicted molar refractivity (Wildman–Crippen MR) is 189 cm³/mol. The first kappa shape index (κ1) is 36.4. The third-order valence-electron chi connectivity index (χ3n) is 8.01. The van der Waals surface area contributed by atoms with Crippen molar-refractivity contribution in [3.8, 4) is 0 Å². The Labute approximate surface area is 296 Å². The molecule has 0 aliphatic carbocycles. The predicted octanol–water partition coefficient (Wildman–Crippen LogP) is 7.56. The first-order chi connectivity index (χ1) is 24.4. The monoisotopic (exact) mass is 696 g/mol. The normalized spacial score (nSPS) is 18.8. The van der Waals surface area contributed by atoms with E-state index in [1.54, 1.807) is 121 Å². The number of thioether (sulfide) groups is 1. The summed E-state index contributed by atoms with van der Waals surface area (Å²) in [7, 11) is 0. The van der Waals surface area contributed by atoms with Gasteiger partial charge in [-0.2, -0.15) is 0 Å². The van der Waals surface area contributed by atoms with Gasteiger partial charge in [0.15, 0.2) is 18.3 Å². The maximum atomic E-state index is 13.6. The zero-order chi connectivity index (χ0) is 35.1. The Bertz CT molecular complexity index is 1670. The molecule has 1 fully saturated rings. The number of unbranched alkanes of at least 4 members (excludes halogenated alkanes) is 3. The zero-order valence-electron chi connectivity index (χ0n) is 27.8. The summed E-state index contributed by atoms with van der Waals surface area (Å²) in [5, 5.41) is 0. The molecule has 1 aliphatic rings. The van der Waals surface area contributed by atoms with E-state index in [2.05, 4.69) is 6.92 Å². The number of carbonyl (C=O) groups is 4. The average Bonchev–Trinajstić information content (AvgIpc) is 3.49. The van der Waals surface area contributed by atoms with Crippen molar-refractivity contribution in [2.75, 3.05) is 12.4 Å². The third kappa shape index (κ3) is 10.1. The minimum Gasteiger partial charge on any atom is -0.458 e. The van der Waals surface area contributed by atoms with Crippen molar-refractivity contribution in [1.82, 2.24) is 0 Å². The van der Waals surface area contributed by atoms with Crippen LogP contribution >= 0.6 is 11.8 Å². The van der Waals surface area contributed by atoms with Gasteiger partial charge in [-0.05, 0) is 60.7 Å². The van der Waals surface area contributed by atoms with Crippen LogP contribution in [0.25, 0.3) is 0 Å². The van der Waals surface area contributed by atoms with E-state index in [1.165, 1.54) is 11.8 Å². The van der Waals surface area contributed by atoms with Gasteiger partial charge in [0.05, 0.1) is 22.3 Å². The Kier molecular flexibility index (Phi) is 13.6. The van der Waals surface area contributed by atoms with E-state index >= 15 is 0 Å². The Hall–Kier alpha value is -4.93. The molecule has 0 aromatic heterocycles. The molecule has 5 rings (SSSR count). The van der Waals surface area contributed by atoms with E-state index in [1.807, 2.05) is 0 Å². The fourth-order valence-corrected chi connectivity index (χ4v) is 6.60. The number of hydrogen-bond donors (Lipinski definition) is 0. The van der Waals surface area contributed by atoms with Gasteiger partial charge in [0.2, 0.25) is 0 Å². The van der Waals surface area contributed by atoms with Crippen LogP contribution in [0.15, 0.2) is 121 Å². The molecule has 4 aromatic rings. The average molecular weight is 697 g/mol. The highest BCUT2D eigenvalue weighted by Gasteiger charge is 2.54. The van der Waals surface area contributed by atoms with E-state index in [9.17, 15) is 19.2 Å². The summed E-state index contributed by atoms with van der Waals surface area (Å²) in [6, 6.07) is 33.6. The topological polar surface area (TPSA) is 114 Å². The van der Waals surface area contributed by atoms with E-state index in [0.29, 0.717) is 16.9 Å². The zero-order valence-corrected chi connectivity index (χ0v) is 28.6. The van der Waals surface area contributed by atoms with Crippen LogP contribution in [-0.2, 0) is 23.7 Å².